The zero-order chi connectivity index (χ0) is 37.8. The summed E-state index contributed by atoms with van der Waals surface area (Å²) in [7, 11) is 0. The Morgan fingerprint density at radius 1 is 0.423 bits per heavy atom. The Morgan fingerprint density at radius 3 is 0.885 bits per heavy atom. The molecule has 0 aliphatic carbocycles. The van der Waals surface area contributed by atoms with E-state index in [0.717, 1.165) is 25.7 Å². The maximum absolute atomic E-state index is 11.5. The molecule has 0 amide bonds. The van der Waals surface area contributed by atoms with Gasteiger partial charge in [0.15, 0.2) is 0 Å². The molecule has 0 fully saturated rings. The van der Waals surface area contributed by atoms with Crippen LogP contribution < -0.4 is 80.8 Å². The van der Waals surface area contributed by atoms with Crippen molar-refractivity contribution in [2.45, 2.75) is 206 Å². The van der Waals surface area contributed by atoms with Crippen LogP contribution in [0.4, 0.5) is 0 Å². The standard InChI is InChI=1S/2C19H35NO5.2Na/c2*1-2-3-4-5-6-7-8-9-10-11-12-13-18(23)25-19(24)16(20)14-15-17(21)22;;/h2*16H,2-15,20H2,1H3,(H,21,22);;/q;;2*+1/p-2/t2*16-;;/m00../s1. The van der Waals surface area contributed by atoms with E-state index >= 15 is 0 Å². The quantitative estimate of drug-likeness (QED) is 0.0374. The van der Waals surface area contributed by atoms with Gasteiger partial charge in [-0.15, -0.1) is 0 Å². The van der Waals surface area contributed by atoms with Crippen molar-refractivity contribution >= 4 is 35.8 Å². The Kier molecular flexibility index (Phi) is 47.7. The Morgan fingerprint density at radius 2 is 0.654 bits per heavy atom. The fourth-order valence-corrected chi connectivity index (χ4v) is 5.13. The number of hydrogen-bond acceptors (Lipinski definition) is 12. The molecule has 292 valence electrons. The summed E-state index contributed by atoms with van der Waals surface area (Å²) in [5, 5.41) is 20.6. The van der Waals surface area contributed by atoms with Crippen LogP contribution in [0.3, 0.4) is 0 Å². The topological polar surface area (TPSA) is 219 Å². The van der Waals surface area contributed by atoms with Crippen LogP contribution in [0.1, 0.15) is 194 Å². The largest absolute Gasteiger partial charge is 1.00 e. The molecule has 0 bridgehead atoms. The number of esters is 4. The number of rotatable bonds is 32. The Balaban J connectivity index is -0.000000427. The summed E-state index contributed by atoms with van der Waals surface area (Å²) in [5.74, 6) is -5.48. The van der Waals surface area contributed by atoms with E-state index in [-0.39, 0.29) is 97.6 Å². The van der Waals surface area contributed by atoms with Gasteiger partial charge in [0.25, 0.3) is 0 Å². The molecule has 0 unspecified atom stereocenters. The summed E-state index contributed by atoms with van der Waals surface area (Å²) >= 11 is 0. The second kappa shape index (κ2) is 42.9. The van der Waals surface area contributed by atoms with Crippen molar-refractivity contribution in [2.75, 3.05) is 0 Å². The average molecular weight is 759 g/mol. The van der Waals surface area contributed by atoms with Crippen LogP contribution in [-0.2, 0) is 38.2 Å². The number of carbonyl (C=O) groups is 6. The molecule has 0 saturated carbocycles. The Hall–Kier alpha value is -0.860. The van der Waals surface area contributed by atoms with Crippen molar-refractivity contribution in [1.29, 1.82) is 0 Å². The van der Waals surface area contributed by atoms with Crippen molar-refractivity contribution in [3.05, 3.63) is 0 Å². The van der Waals surface area contributed by atoms with Gasteiger partial charge in [-0.05, 0) is 38.5 Å². The molecule has 0 aliphatic rings. The van der Waals surface area contributed by atoms with Crippen molar-refractivity contribution in [1.82, 2.24) is 0 Å². The Bertz CT molecular complexity index is 852. The zero-order valence-electron chi connectivity index (χ0n) is 33.2. The monoisotopic (exact) mass is 758 g/mol. The van der Waals surface area contributed by atoms with Crippen LogP contribution in [0, 0.1) is 0 Å². The molecule has 0 aromatic rings. The van der Waals surface area contributed by atoms with Crippen molar-refractivity contribution in [3.8, 4) is 0 Å². The minimum Gasteiger partial charge on any atom is -0.550 e. The van der Waals surface area contributed by atoms with Gasteiger partial charge < -0.3 is 40.7 Å². The number of nitrogens with two attached hydrogens (primary N) is 2. The van der Waals surface area contributed by atoms with Gasteiger partial charge in [-0.2, -0.15) is 0 Å². The van der Waals surface area contributed by atoms with Crippen molar-refractivity contribution < 1.29 is 108 Å². The third-order valence-corrected chi connectivity index (χ3v) is 8.32. The van der Waals surface area contributed by atoms with Crippen LogP contribution in [-0.4, -0.2) is 47.9 Å². The predicted molar refractivity (Wildman–Crippen MR) is 189 cm³/mol. The molecule has 0 heterocycles. The van der Waals surface area contributed by atoms with Crippen LogP contribution in [0.5, 0.6) is 0 Å². The first-order valence-electron chi connectivity index (χ1n) is 19.3. The molecule has 0 rings (SSSR count). The number of ether oxygens (including phenoxy) is 2. The summed E-state index contributed by atoms with van der Waals surface area (Å²) in [6.07, 6.45) is 25.6. The van der Waals surface area contributed by atoms with Gasteiger partial charge in [-0.25, -0.2) is 9.59 Å². The molecule has 0 aromatic carbocycles. The summed E-state index contributed by atoms with van der Waals surface area (Å²) < 4.78 is 9.24. The van der Waals surface area contributed by atoms with E-state index in [1.54, 1.807) is 0 Å². The molecule has 0 spiro atoms. The van der Waals surface area contributed by atoms with E-state index in [4.69, 9.17) is 11.5 Å². The first kappa shape index (κ1) is 57.9. The number of hydrogen-bond donors (Lipinski definition) is 2. The van der Waals surface area contributed by atoms with E-state index in [0.29, 0.717) is 12.8 Å². The fraction of sp³-hybridized carbons (Fsp3) is 0.842. The summed E-state index contributed by atoms with van der Waals surface area (Å²) in [6.45, 7) is 4.44. The maximum Gasteiger partial charge on any atom is 1.00 e. The molecule has 0 aliphatic heterocycles. The third kappa shape index (κ3) is 43.5. The van der Waals surface area contributed by atoms with Crippen molar-refractivity contribution in [3.63, 3.8) is 0 Å². The third-order valence-electron chi connectivity index (χ3n) is 8.32. The summed E-state index contributed by atoms with van der Waals surface area (Å²) in [6, 6.07) is -2.20. The van der Waals surface area contributed by atoms with E-state index in [2.05, 4.69) is 23.3 Å². The summed E-state index contributed by atoms with van der Waals surface area (Å²) in [4.78, 5) is 66.6. The molecule has 14 heteroatoms. The molecule has 52 heavy (non-hydrogen) atoms. The smallest absolute Gasteiger partial charge is 0.550 e. The normalized spacial score (nSPS) is 11.5. The Labute approximate surface area is 358 Å². The van der Waals surface area contributed by atoms with E-state index in [1.165, 1.54) is 103 Å². The fourth-order valence-electron chi connectivity index (χ4n) is 5.13. The van der Waals surface area contributed by atoms with E-state index in [1.807, 2.05) is 0 Å². The number of aliphatic carboxylic acids is 2. The predicted octanol–water partition coefficient (Wildman–Crippen LogP) is -0.763. The second-order valence-corrected chi connectivity index (χ2v) is 13.2. The van der Waals surface area contributed by atoms with E-state index in [9.17, 15) is 39.0 Å². The van der Waals surface area contributed by atoms with Gasteiger partial charge in [-0.3, -0.25) is 9.59 Å². The number of carboxylic acids is 2. The number of unbranched alkanes of at least 4 members (excludes halogenated alkanes) is 20. The van der Waals surface area contributed by atoms with Gasteiger partial charge in [0.1, 0.15) is 12.1 Å². The maximum atomic E-state index is 11.5. The molecule has 2 atom stereocenters. The van der Waals surface area contributed by atoms with Gasteiger partial charge >= 0.3 is 83.0 Å². The van der Waals surface area contributed by atoms with Gasteiger partial charge in [0.2, 0.25) is 0 Å². The molecule has 0 saturated heterocycles. The van der Waals surface area contributed by atoms with Gasteiger partial charge in [0.05, 0.1) is 0 Å². The minimum atomic E-state index is -1.28. The van der Waals surface area contributed by atoms with Crippen LogP contribution in [0.15, 0.2) is 0 Å². The van der Waals surface area contributed by atoms with Gasteiger partial charge in [0, 0.05) is 24.8 Å². The van der Waals surface area contributed by atoms with Crippen LogP contribution in [0.2, 0.25) is 0 Å². The van der Waals surface area contributed by atoms with Crippen molar-refractivity contribution in [2.24, 2.45) is 11.5 Å². The average Bonchev–Trinajstić information content (AvgIpc) is 3.07. The second-order valence-electron chi connectivity index (χ2n) is 13.2. The minimum absolute atomic E-state index is 0. The SMILES string of the molecule is CCCCCCCCCCCCCC(=O)OC(=O)[C@@H](N)CCC(=O)[O-].CCCCCCCCCCCCCC(=O)OC(=O)[C@@H](N)CCC(=O)[O-].[Na+].[Na+]. The number of carboxylic acid groups (broad SMARTS) is 2. The number of carbonyl (C=O) groups excluding carboxylic acids is 6. The van der Waals surface area contributed by atoms with Gasteiger partial charge in [-0.1, -0.05) is 142 Å². The summed E-state index contributed by atoms with van der Waals surface area (Å²) in [5.41, 5.74) is 10.9. The molecular formula is C38H68N2Na2O10. The zero-order valence-corrected chi connectivity index (χ0v) is 37.2. The first-order valence-corrected chi connectivity index (χ1v) is 19.3. The first-order chi connectivity index (χ1) is 23.9. The van der Waals surface area contributed by atoms with E-state index < -0.39 is 47.9 Å². The molecule has 0 aromatic heterocycles. The molecule has 4 N–H and O–H groups in total. The van der Waals surface area contributed by atoms with Crippen LogP contribution in [0.25, 0.3) is 0 Å². The molecular weight excluding hydrogens is 690 g/mol. The molecule has 12 nitrogen and oxygen atoms in total. The van der Waals surface area contributed by atoms with Crippen LogP contribution >= 0.6 is 0 Å². The molecule has 0 radical (unpaired) electrons.